The van der Waals surface area contributed by atoms with Crippen molar-refractivity contribution in [3.63, 3.8) is 0 Å². The summed E-state index contributed by atoms with van der Waals surface area (Å²) in [5, 5.41) is 3.21. The molecular formula is C22H27N3O3. The number of fused-ring (bicyclic) bond motifs is 1. The molecule has 0 aromatic carbocycles. The Morgan fingerprint density at radius 3 is 2.46 bits per heavy atom. The summed E-state index contributed by atoms with van der Waals surface area (Å²) >= 11 is 0. The highest BCUT2D eigenvalue weighted by atomic mass is 16.5. The summed E-state index contributed by atoms with van der Waals surface area (Å²) in [6, 6.07) is 3.54. The van der Waals surface area contributed by atoms with Crippen LogP contribution in [0.5, 0.6) is 0 Å². The summed E-state index contributed by atoms with van der Waals surface area (Å²) in [5.74, 6) is 2.15. The largest absolute Gasteiger partial charge is 0.461 e. The van der Waals surface area contributed by atoms with Crippen LogP contribution >= 0.6 is 0 Å². The number of pyridine rings is 1. The fraction of sp³-hybridized carbons (Fsp3) is 0.591. The number of rotatable bonds is 5. The van der Waals surface area contributed by atoms with E-state index in [1.807, 2.05) is 0 Å². The molecular weight excluding hydrogens is 354 g/mol. The normalized spacial score (nSPS) is 30.5. The van der Waals surface area contributed by atoms with Crippen LogP contribution in [-0.4, -0.2) is 34.4 Å². The van der Waals surface area contributed by atoms with E-state index >= 15 is 0 Å². The van der Waals surface area contributed by atoms with Crippen LogP contribution in [0.4, 0.5) is 0 Å². The van der Waals surface area contributed by atoms with E-state index < -0.39 is 5.97 Å². The molecule has 4 fully saturated rings. The molecule has 0 spiro atoms. The maximum Gasteiger partial charge on any atom is 0.358 e. The highest BCUT2D eigenvalue weighted by molar-refractivity contribution is 5.94. The molecule has 0 unspecified atom stereocenters. The minimum Gasteiger partial charge on any atom is -0.461 e. The van der Waals surface area contributed by atoms with Crippen LogP contribution in [0.2, 0.25) is 0 Å². The first-order valence-corrected chi connectivity index (χ1v) is 10.5. The third-order valence-electron chi connectivity index (χ3n) is 6.99. The molecule has 4 aliphatic rings. The Kier molecular flexibility index (Phi) is 4.18. The number of nitrogens with one attached hydrogen (secondary N) is 1. The maximum atomic E-state index is 12.8. The van der Waals surface area contributed by atoms with Crippen molar-refractivity contribution < 1.29 is 14.3 Å². The Bertz CT molecular complexity index is 897. The molecule has 4 saturated carbocycles. The molecule has 6 nitrogen and oxygen atoms in total. The second-order valence-electron chi connectivity index (χ2n) is 9.13. The zero-order valence-corrected chi connectivity index (χ0v) is 16.3. The van der Waals surface area contributed by atoms with Crippen LogP contribution in [-0.2, 0) is 4.74 Å². The van der Waals surface area contributed by atoms with Crippen LogP contribution in [0.25, 0.3) is 5.65 Å². The van der Waals surface area contributed by atoms with E-state index in [4.69, 9.17) is 4.74 Å². The van der Waals surface area contributed by atoms with E-state index in [-0.39, 0.29) is 11.6 Å². The number of aromatic nitrogens is 2. The van der Waals surface area contributed by atoms with Gasteiger partial charge < -0.3 is 14.5 Å². The molecule has 0 atom stereocenters. The average Bonchev–Trinajstić information content (AvgIpc) is 3.09. The summed E-state index contributed by atoms with van der Waals surface area (Å²) in [5.41, 5.74) is 1.79. The Hall–Kier alpha value is -2.37. The Morgan fingerprint density at radius 1 is 1.14 bits per heavy atom. The lowest BCUT2D eigenvalue weighted by Gasteiger charge is -2.56. The van der Waals surface area contributed by atoms with Crippen molar-refractivity contribution in [2.24, 2.45) is 23.2 Å². The van der Waals surface area contributed by atoms with Gasteiger partial charge in [-0.2, -0.15) is 0 Å². The summed E-state index contributed by atoms with van der Waals surface area (Å²) in [6.07, 6.45) is 11.4. The van der Waals surface area contributed by atoms with Crippen LogP contribution < -0.4 is 5.32 Å². The standard InChI is InChI=1S/C22H27N3O3/c1-2-28-21(27)18-12-25-11-17(3-4-19(25)24-18)20(26)23-13-22-8-14-5-15(9-22)7-16(6-14)10-22/h3-4,11-12,14-16H,2,5-10,13H2,1H3,(H,23,26). The number of hydrogen-bond donors (Lipinski definition) is 1. The maximum absolute atomic E-state index is 12.8. The number of amides is 1. The van der Waals surface area contributed by atoms with Gasteiger partial charge in [-0.3, -0.25) is 4.79 Å². The first kappa shape index (κ1) is 17.7. The fourth-order valence-corrected chi connectivity index (χ4v) is 6.31. The van der Waals surface area contributed by atoms with Crippen LogP contribution in [0.15, 0.2) is 24.5 Å². The van der Waals surface area contributed by atoms with Gasteiger partial charge in [0, 0.05) is 18.9 Å². The third kappa shape index (κ3) is 3.09. The topological polar surface area (TPSA) is 72.7 Å². The molecule has 1 amide bonds. The highest BCUT2D eigenvalue weighted by Gasteiger charge is 2.50. The van der Waals surface area contributed by atoms with Gasteiger partial charge in [-0.05, 0) is 80.8 Å². The van der Waals surface area contributed by atoms with Crippen LogP contribution in [0.3, 0.4) is 0 Å². The molecule has 0 aliphatic heterocycles. The van der Waals surface area contributed by atoms with Gasteiger partial charge in [0.15, 0.2) is 5.69 Å². The van der Waals surface area contributed by atoms with Crippen LogP contribution in [0.1, 0.15) is 66.3 Å². The highest BCUT2D eigenvalue weighted by Crippen LogP contribution is 2.59. The lowest BCUT2D eigenvalue weighted by Crippen LogP contribution is -2.51. The molecule has 6 rings (SSSR count). The van der Waals surface area contributed by atoms with E-state index in [1.165, 1.54) is 38.5 Å². The second kappa shape index (κ2) is 6.61. The molecule has 28 heavy (non-hydrogen) atoms. The predicted molar refractivity (Wildman–Crippen MR) is 104 cm³/mol. The molecule has 6 heteroatoms. The van der Waals surface area contributed by atoms with Gasteiger partial charge in [-0.15, -0.1) is 0 Å². The van der Waals surface area contributed by atoms with Crippen molar-refractivity contribution in [3.05, 3.63) is 35.8 Å². The molecule has 2 aromatic heterocycles. The van der Waals surface area contributed by atoms with E-state index in [0.29, 0.717) is 23.2 Å². The molecule has 4 bridgehead atoms. The minimum atomic E-state index is -0.445. The number of esters is 1. The first-order valence-electron chi connectivity index (χ1n) is 10.5. The molecule has 2 aromatic rings. The lowest BCUT2D eigenvalue weighted by atomic mass is 9.49. The molecule has 0 radical (unpaired) electrons. The van der Waals surface area contributed by atoms with E-state index in [9.17, 15) is 9.59 Å². The zero-order valence-electron chi connectivity index (χ0n) is 16.3. The van der Waals surface area contributed by atoms with Gasteiger partial charge in [0.1, 0.15) is 5.65 Å². The quantitative estimate of drug-likeness (QED) is 0.805. The predicted octanol–water partition coefficient (Wildman–Crippen LogP) is 3.46. The Balaban J connectivity index is 1.29. The second-order valence-corrected chi connectivity index (χ2v) is 9.13. The number of imidazole rings is 1. The Morgan fingerprint density at radius 2 is 1.82 bits per heavy atom. The van der Waals surface area contributed by atoms with Crippen molar-refractivity contribution in [2.75, 3.05) is 13.2 Å². The molecule has 0 saturated heterocycles. The molecule has 1 N–H and O–H groups in total. The van der Waals surface area contributed by atoms with Crippen molar-refractivity contribution in [1.29, 1.82) is 0 Å². The summed E-state index contributed by atoms with van der Waals surface area (Å²) < 4.78 is 6.71. The molecule has 148 valence electrons. The van der Waals surface area contributed by atoms with Gasteiger partial charge >= 0.3 is 5.97 Å². The number of carbonyl (C=O) groups is 2. The summed E-state index contributed by atoms with van der Waals surface area (Å²) in [6.45, 7) is 2.86. The van der Waals surface area contributed by atoms with E-state index in [0.717, 1.165) is 24.3 Å². The van der Waals surface area contributed by atoms with Crippen molar-refractivity contribution in [2.45, 2.75) is 45.4 Å². The summed E-state index contributed by atoms with van der Waals surface area (Å²) in [4.78, 5) is 28.9. The third-order valence-corrected chi connectivity index (χ3v) is 6.99. The minimum absolute atomic E-state index is 0.0518. The zero-order chi connectivity index (χ0) is 19.3. The van der Waals surface area contributed by atoms with E-state index in [2.05, 4.69) is 10.3 Å². The van der Waals surface area contributed by atoms with Crippen LogP contribution in [0, 0.1) is 23.2 Å². The number of carbonyl (C=O) groups excluding carboxylic acids is 2. The van der Waals surface area contributed by atoms with Crippen molar-refractivity contribution in [3.8, 4) is 0 Å². The van der Waals surface area contributed by atoms with Gasteiger partial charge in [0.2, 0.25) is 0 Å². The van der Waals surface area contributed by atoms with Gasteiger partial charge in [-0.25, -0.2) is 9.78 Å². The molecule has 2 heterocycles. The molecule has 4 aliphatic carbocycles. The average molecular weight is 381 g/mol. The SMILES string of the molecule is CCOC(=O)c1cn2cc(C(=O)NCC34CC5CC(CC(C5)C3)C4)ccc2n1. The first-order chi connectivity index (χ1) is 13.5. The van der Waals surface area contributed by atoms with E-state index in [1.54, 1.807) is 35.9 Å². The number of nitrogens with zero attached hydrogens (tertiary/aromatic N) is 2. The van der Waals surface area contributed by atoms with Gasteiger partial charge in [-0.1, -0.05) is 0 Å². The monoisotopic (exact) mass is 381 g/mol. The fourth-order valence-electron chi connectivity index (χ4n) is 6.31. The van der Waals surface area contributed by atoms with Gasteiger partial charge in [0.25, 0.3) is 5.91 Å². The number of ether oxygens (including phenoxy) is 1. The lowest BCUT2D eigenvalue weighted by molar-refractivity contribution is -0.0503. The van der Waals surface area contributed by atoms with Crippen molar-refractivity contribution in [1.82, 2.24) is 14.7 Å². The van der Waals surface area contributed by atoms with Crippen molar-refractivity contribution >= 4 is 17.5 Å². The number of hydrogen-bond acceptors (Lipinski definition) is 4. The van der Waals surface area contributed by atoms with Gasteiger partial charge in [0.05, 0.1) is 12.2 Å². The summed E-state index contributed by atoms with van der Waals surface area (Å²) in [7, 11) is 0. The Labute approximate surface area is 164 Å². The smallest absolute Gasteiger partial charge is 0.358 e.